The van der Waals surface area contributed by atoms with Gasteiger partial charge in [-0.1, -0.05) is 6.92 Å². The first-order chi connectivity index (χ1) is 3.84. The standard InChI is InChI=1S/C6H12N2/c1-3-6-7-4-5-8(6)2/h3-5H2,1-2H3. The molecule has 0 aromatic heterocycles. The van der Waals surface area contributed by atoms with Crippen molar-refractivity contribution < 1.29 is 0 Å². The summed E-state index contributed by atoms with van der Waals surface area (Å²) in [4.78, 5) is 6.49. The Morgan fingerprint density at radius 2 is 2.50 bits per heavy atom. The van der Waals surface area contributed by atoms with E-state index in [9.17, 15) is 0 Å². The molecular weight excluding hydrogens is 100 g/mol. The lowest BCUT2D eigenvalue weighted by molar-refractivity contribution is 0.547. The minimum absolute atomic E-state index is 1.000. The smallest absolute Gasteiger partial charge is 0.0984 e. The lowest BCUT2D eigenvalue weighted by Gasteiger charge is -2.10. The van der Waals surface area contributed by atoms with Crippen molar-refractivity contribution in [3.63, 3.8) is 0 Å². The topological polar surface area (TPSA) is 15.6 Å². The van der Waals surface area contributed by atoms with Gasteiger partial charge in [-0.25, -0.2) is 0 Å². The SMILES string of the molecule is CCC1=NCCN1C. The van der Waals surface area contributed by atoms with Gasteiger partial charge >= 0.3 is 0 Å². The molecule has 0 N–H and O–H groups in total. The molecule has 0 radical (unpaired) electrons. The number of rotatable bonds is 1. The molecule has 46 valence electrons. The van der Waals surface area contributed by atoms with E-state index in [-0.39, 0.29) is 0 Å². The molecular formula is C6H12N2. The second-order valence-corrected chi connectivity index (χ2v) is 2.07. The van der Waals surface area contributed by atoms with Crippen molar-refractivity contribution in [2.45, 2.75) is 13.3 Å². The average Bonchev–Trinajstić information content (AvgIpc) is 2.14. The predicted molar refractivity (Wildman–Crippen MR) is 35.2 cm³/mol. The first-order valence-corrected chi connectivity index (χ1v) is 3.09. The zero-order valence-corrected chi connectivity index (χ0v) is 5.52. The van der Waals surface area contributed by atoms with Crippen molar-refractivity contribution in [2.75, 3.05) is 20.1 Å². The van der Waals surface area contributed by atoms with Gasteiger partial charge in [0.25, 0.3) is 0 Å². The molecule has 0 saturated heterocycles. The number of amidine groups is 1. The number of nitrogens with zero attached hydrogens (tertiary/aromatic N) is 2. The van der Waals surface area contributed by atoms with Gasteiger partial charge < -0.3 is 4.90 Å². The van der Waals surface area contributed by atoms with Crippen LogP contribution in [0.4, 0.5) is 0 Å². The molecule has 8 heavy (non-hydrogen) atoms. The Morgan fingerprint density at radius 1 is 1.75 bits per heavy atom. The Labute approximate surface area is 50.2 Å². The van der Waals surface area contributed by atoms with Crippen molar-refractivity contribution in [3.8, 4) is 0 Å². The van der Waals surface area contributed by atoms with Crippen molar-refractivity contribution in [2.24, 2.45) is 4.99 Å². The van der Waals surface area contributed by atoms with Gasteiger partial charge in [0.05, 0.1) is 12.4 Å². The third-order valence-electron chi connectivity index (χ3n) is 1.49. The van der Waals surface area contributed by atoms with Gasteiger partial charge in [0, 0.05) is 20.0 Å². The third-order valence-corrected chi connectivity index (χ3v) is 1.49. The predicted octanol–water partition coefficient (Wildman–Crippen LogP) is 0.740. The van der Waals surface area contributed by atoms with Gasteiger partial charge in [0.1, 0.15) is 0 Å². The molecule has 0 unspecified atom stereocenters. The second-order valence-electron chi connectivity index (χ2n) is 2.07. The molecule has 0 bridgehead atoms. The summed E-state index contributed by atoms with van der Waals surface area (Å²) in [6, 6.07) is 0. The minimum Gasteiger partial charge on any atom is -0.362 e. The van der Waals surface area contributed by atoms with Crippen LogP contribution in [-0.4, -0.2) is 30.9 Å². The largest absolute Gasteiger partial charge is 0.362 e. The number of likely N-dealkylation sites (N-methyl/N-ethyl adjacent to an activating group) is 1. The number of hydrogen-bond acceptors (Lipinski definition) is 2. The van der Waals surface area contributed by atoms with Crippen LogP contribution >= 0.6 is 0 Å². The summed E-state index contributed by atoms with van der Waals surface area (Å²) in [5.41, 5.74) is 0. The van der Waals surface area contributed by atoms with Crippen LogP contribution in [0.3, 0.4) is 0 Å². The molecule has 1 heterocycles. The summed E-state index contributed by atoms with van der Waals surface area (Å²) in [6.45, 7) is 4.25. The van der Waals surface area contributed by atoms with E-state index in [4.69, 9.17) is 0 Å². The van der Waals surface area contributed by atoms with Gasteiger partial charge in [0.15, 0.2) is 0 Å². The van der Waals surface area contributed by atoms with Crippen LogP contribution in [0.25, 0.3) is 0 Å². The first kappa shape index (κ1) is 5.60. The maximum atomic E-state index is 4.28. The Morgan fingerprint density at radius 3 is 2.75 bits per heavy atom. The van der Waals surface area contributed by atoms with Crippen LogP contribution in [0.1, 0.15) is 13.3 Å². The molecule has 1 aliphatic heterocycles. The Bertz CT molecular complexity index is 107. The molecule has 0 aromatic carbocycles. The summed E-state index contributed by atoms with van der Waals surface area (Å²) in [5, 5.41) is 0. The molecule has 0 aliphatic carbocycles. The van der Waals surface area contributed by atoms with E-state index in [0.29, 0.717) is 0 Å². The van der Waals surface area contributed by atoms with Crippen LogP contribution < -0.4 is 0 Å². The van der Waals surface area contributed by atoms with E-state index >= 15 is 0 Å². The van der Waals surface area contributed by atoms with Crippen molar-refractivity contribution in [1.82, 2.24) is 4.90 Å². The Kier molecular flexibility index (Phi) is 1.51. The van der Waals surface area contributed by atoms with Crippen molar-refractivity contribution in [1.29, 1.82) is 0 Å². The fraction of sp³-hybridized carbons (Fsp3) is 0.833. The molecule has 0 spiro atoms. The zero-order valence-electron chi connectivity index (χ0n) is 5.52. The van der Waals surface area contributed by atoms with Gasteiger partial charge in [-0.15, -0.1) is 0 Å². The van der Waals surface area contributed by atoms with E-state index in [0.717, 1.165) is 19.5 Å². The van der Waals surface area contributed by atoms with Crippen LogP contribution in [-0.2, 0) is 0 Å². The lowest BCUT2D eigenvalue weighted by atomic mass is 10.4. The highest BCUT2D eigenvalue weighted by Gasteiger charge is 2.07. The van der Waals surface area contributed by atoms with Crippen LogP contribution in [0.2, 0.25) is 0 Å². The number of hydrogen-bond donors (Lipinski definition) is 0. The molecule has 0 fully saturated rings. The number of aliphatic imine (C=N–C) groups is 1. The summed E-state index contributed by atoms with van der Waals surface area (Å²) in [7, 11) is 2.09. The van der Waals surface area contributed by atoms with Gasteiger partial charge in [-0.05, 0) is 0 Å². The fourth-order valence-electron chi connectivity index (χ4n) is 0.961. The molecule has 1 aliphatic rings. The maximum Gasteiger partial charge on any atom is 0.0984 e. The average molecular weight is 112 g/mol. The van der Waals surface area contributed by atoms with Crippen LogP contribution in [0.5, 0.6) is 0 Å². The summed E-state index contributed by atoms with van der Waals surface area (Å²) in [5.74, 6) is 1.25. The third kappa shape index (κ3) is 0.831. The Balaban J connectivity index is 2.49. The van der Waals surface area contributed by atoms with E-state index in [2.05, 4.69) is 23.9 Å². The van der Waals surface area contributed by atoms with Crippen molar-refractivity contribution in [3.05, 3.63) is 0 Å². The van der Waals surface area contributed by atoms with E-state index in [1.165, 1.54) is 5.84 Å². The Hall–Kier alpha value is -0.530. The van der Waals surface area contributed by atoms with Gasteiger partial charge in [-0.2, -0.15) is 0 Å². The molecule has 1 rings (SSSR count). The maximum absolute atomic E-state index is 4.28. The van der Waals surface area contributed by atoms with Crippen molar-refractivity contribution >= 4 is 5.84 Å². The molecule has 2 nitrogen and oxygen atoms in total. The van der Waals surface area contributed by atoms with Crippen LogP contribution in [0.15, 0.2) is 4.99 Å². The van der Waals surface area contributed by atoms with Crippen LogP contribution in [0, 0.1) is 0 Å². The fourth-order valence-corrected chi connectivity index (χ4v) is 0.961. The summed E-state index contributed by atoms with van der Waals surface area (Å²) >= 11 is 0. The second kappa shape index (κ2) is 2.16. The summed E-state index contributed by atoms with van der Waals surface area (Å²) < 4.78 is 0. The van der Waals surface area contributed by atoms with E-state index < -0.39 is 0 Å². The molecule has 0 atom stereocenters. The molecule has 0 saturated carbocycles. The highest BCUT2D eigenvalue weighted by molar-refractivity contribution is 5.83. The molecule has 2 heteroatoms. The molecule has 0 aromatic rings. The minimum atomic E-state index is 1.000. The first-order valence-electron chi connectivity index (χ1n) is 3.09. The highest BCUT2D eigenvalue weighted by Crippen LogP contribution is 1.99. The van der Waals surface area contributed by atoms with E-state index in [1.807, 2.05) is 0 Å². The normalized spacial score (nSPS) is 19.2. The van der Waals surface area contributed by atoms with Gasteiger partial charge in [0.2, 0.25) is 0 Å². The lowest BCUT2D eigenvalue weighted by Crippen LogP contribution is -2.21. The molecule has 0 amide bonds. The van der Waals surface area contributed by atoms with Gasteiger partial charge in [-0.3, -0.25) is 4.99 Å². The summed E-state index contributed by atoms with van der Waals surface area (Å²) in [6.07, 6.45) is 1.08. The quantitative estimate of drug-likeness (QED) is 0.488. The zero-order chi connectivity index (χ0) is 5.98. The monoisotopic (exact) mass is 112 g/mol. The highest BCUT2D eigenvalue weighted by atomic mass is 15.2. The van der Waals surface area contributed by atoms with E-state index in [1.54, 1.807) is 0 Å².